The van der Waals surface area contributed by atoms with E-state index in [2.05, 4.69) is 5.32 Å². The van der Waals surface area contributed by atoms with Gasteiger partial charge in [0, 0.05) is 30.4 Å². The summed E-state index contributed by atoms with van der Waals surface area (Å²) in [6.45, 7) is 4.90. The van der Waals surface area contributed by atoms with Crippen molar-refractivity contribution in [3.05, 3.63) is 35.7 Å². The Labute approximate surface area is 123 Å². The second-order valence-electron chi connectivity index (χ2n) is 4.34. The van der Waals surface area contributed by atoms with Crippen LogP contribution in [-0.4, -0.2) is 36.6 Å². The van der Waals surface area contributed by atoms with E-state index in [-0.39, 0.29) is 12.5 Å². The Bertz CT molecular complexity index is 544. The normalized spacial score (nSPS) is 10.6. The van der Waals surface area contributed by atoms with Crippen molar-refractivity contribution in [1.29, 1.82) is 0 Å². The number of hydrogen-bond donors (Lipinski definition) is 2. The van der Waals surface area contributed by atoms with Gasteiger partial charge in [-0.05, 0) is 38.1 Å². The number of likely N-dealkylation sites (N-methyl/N-ethyl adjacent to an activating group) is 2. The lowest BCUT2D eigenvalue weighted by atomic mass is 10.1. The molecular formula is C15H19FN2O3. The molecule has 1 aromatic rings. The average molecular weight is 294 g/mol. The maximum Gasteiger partial charge on any atom is 0.328 e. The summed E-state index contributed by atoms with van der Waals surface area (Å²) in [6.07, 6.45) is 2.26. The van der Waals surface area contributed by atoms with Gasteiger partial charge in [-0.2, -0.15) is 0 Å². The highest BCUT2D eigenvalue weighted by Crippen LogP contribution is 2.23. The van der Waals surface area contributed by atoms with Crippen molar-refractivity contribution < 1.29 is 19.1 Å². The van der Waals surface area contributed by atoms with Gasteiger partial charge in [0.1, 0.15) is 5.82 Å². The van der Waals surface area contributed by atoms with Crippen LogP contribution in [0.25, 0.3) is 6.08 Å². The minimum Gasteiger partial charge on any atom is -0.478 e. The van der Waals surface area contributed by atoms with Gasteiger partial charge in [-0.25, -0.2) is 9.18 Å². The lowest BCUT2D eigenvalue weighted by Crippen LogP contribution is -2.37. The van der Waals surface area contributed by atoms with Gasteiger partial charge >= 0.3 is 5.97 Å². The summed E-state index contributed by atoms with van der Waals surface area (Å²) in [5.74, 6) is -1.72. The molecule has 6 heteroatoms. The largest absolute Gasteiger partial charge is 0.478 e. The zero-order chi connectivity index (χ0) is 15.8. The van der Waals surface area contributed by atoms with Crippen LogP contribution in [0.15, 0.2) is 24.3 Å². The number of anilines is 1. The first-order chi connectivity index (χ1) is 9.97. The fourth-order valence-corrected chi connectivity index (χ4v) is 1.90. The molecule has 114 valence electrons. The van der Waals surface area contributed by atoms with Crippen LogP contribution < -0.4 is 10.2 Å². The third kappa shape index (κ3) is 5.25. The number of nitrogens with zero attached hydrogens (tertiary/aromatic N) is 1. The summed E-state index contributed by atoms with van der Waals surface area (Å²) < 4.78 is 13.3. The SMILES string of the molecule is CCNC(=O)CN(CC)c1ccc(F)cc1C=CC(=O)O. The van der Waals surface area contributed by atoms with Crippen molar-refractivity contribution in [2.75, 3.05) is 24.5 Å². The Morgan fingerprint density at radius 1 is 1.38 bits per heavy atom. The standard InChI is InChI=1S/C15H19FN2O3/c1-3-17-14(19)10-18(4-2)13-7-6-12(16)9-11(13)5-8-15(20)21/h5-9H,3-4,10H2,1-2H3,(H,17,19)(H,20,21). The summed E-state index contributed by atoms with van der Waals surface area (Å²) in [4.78, 5) is 24.1. The molecule has 0 aliphatic carbocycles. The molecule has 0 saturated carbocycles. The molecule has 1 amide bonds. The van der Waals surface area contributed by atoms with E-state index in [1.807, 2.05) is 13.8 Å². The maximum absolute atomic E-state index is 13.3. The molecule has 21 heavy (non-hydrogen) atoms. The van der Waals surface area contributed by atoms with Crippen LogP contribution in [0.4, 0.5) is 10.1 Å². The number of carbonyl (C=O) groups excluding carboxylic acids is 1. The molecule has 0 heterocycles. The van der Waals surface area contributed by atoms with Gasteiger partial charge < -0.3 is 15.3 Å². The number of hydrogen-bond acceptors (Lipinski definition) is 3. The first-order valence-corrected chi connectivity index (χ1v) is 6.70. The molecule has 0 aromatic heterocycles. The molecule has 0 radical (unpaired) electrons. The van der Waals surface area contributed by atoms with Gasteiger partial charge in [-0.15, -0.1) is 0 Å². The minimum atomic E-state index is -1.11. The molecule has 0 aliphatic heterocycles. The summed E-state index contributed by atoms with van der Waals surface area (Å²) >= 11 is 0. The quantitative estimate of drug-likeness (QED) is 0.753. The summed E-state index contributed by atoms with van der Waals surface area (Å²) in [5, 5.41) is 11.4. The minimum absolute atomic E-state index is 0.129. The van der Waals surface area contributed by atoms with E-state index >= 15 is 0 Å². The van der Waals surface area contributed by atoms with E-state index in [1.54, 1.807) is 11.0 Å². The second kappa shape index (κ2) is 8.04. The van der Waals surface area contributed by atoms with Gasteiger partial charge in [-0.1, -0.05) is 0 Å². The monoisotopic (exact) mass is 294 g/mol. The van der Waals surface area contributed by atoms with Crippen LogP contribution in [0.1, 0.15) is 19.4 Å². The first kappa shape index (κ1) is 16.7. The van der Waals surface area contributed by atoms with Crippen molar-refractivity contribution in [3.63, 3.8) is 0 Å². The van der Waals surface area contributed by atoms with Gasteiger partial charge in [-0.3, -0.25) is 4.79 Å². The molecular weight excluding hydrogens is 275 g/mol. The van der Waals surface area contributed by atoms with Crippen LogP contribution in [0.3, 0.4) is 0 Å². The summed E-state index contributed by atoms with van der Waals surface area (Å²) in [5.41, 5.74) is 1.03. The number of rotatable bonds is 7. The predicted molar refractivity (Wildman–Crippen MR) is 79.6 cm³/mol. The Morgan fingerprint density at radius 2 is 2.10 bits per heavy atom. The van der Waals surface area contributed by atoms with Crippen LogP contribution in [-0.2, 0) is 9.59 Å². The highest BCUT2D eigenvalue weighted by molar-refractivity contribution is 5.88. The molecule has 0 aliphatic rings. The lowest BCUT2D eigenvalue weighted by Gasteiger charge is -2.24. The number of aliphatic carboxylic acids is 1. The number of carboxylic acids is 1. The van der Waals surface area contributed by atoms with Crippen molar-refractivity contribution in [1.82, 2.24) is 5.32 Å². The molecule has 0 unspecified atom stereocenters. The lowest BCUT2D eigenvalue weighted by molar-refractivity contribution is -0.131. The van der Waals surface area contributed by atoms with Crippen molar-refractivity contribution in [2.45, 2.75) is 13.8 Å². The van der Waals surface area contributed by atoms with Crippen LogP contribution in [0, 0.1) is 5.82 Å². The summed E-state index contributed by atoms with van der Waals surface area (Å²) in [6, 6.07) is 4.07. The van der Waals surface area contributed by atoms with Crippen LogP contribution in [0.2, 0.25) is 0 Å². The molecule has 1 rings (SSSR count). The second-order valence-corrected chi connectivity index (χ2v) is 4.34. The van der Waals surface area contributed by atoms with Gasteiger partial charge in [0.05, 0.1) is 6.54 Å². The zero-order valence-electron chi connectivity index (χ0n) is 12.1. The van der Waals surface area contributed by atoms with Crippen molar-refractivity contribution >= 4 is 23.6 Å². The number of amides is 1. The third-order valence-corrected chi connectivity index (χ3v) is 2.83. The highest BCUT2D eigenvalue weighted by atomic mass is 19.1. The number of halogens is 1. The predicted octanol–water partition coefficient (Wildman–Crippen LogP) is 1.89. The molecule has 0 spiro atoms. The third-order valence-electron chi connectivity index (χ3n) is 2.83. The number of benzene rings is 1. The highest BCUT2D eigenvalue weighted by Gasteiger charge is 2.13. The van der Waals surface area contributed by atoms with Crippen LogP contribution >= 0.6 is 0 Å². The molecule has 0 bridgehead atoms. The molecule has 0 saturated heterocycles. The van der Waals surface area contributed by atoms with Crippen molar-refractivity contribution in [2.24, 2.45) is 0 Å². The van der Waals surface area contributed by atoms with Gasteiger partial charge in [0.15, 0.2) is 0 Å². The molecule has 1 aromatic carbocycles. The smallest absolute Gasteiger partial charge is 0.328 e. The maximum atomic E-state index is 13.3. The summed E-state index contributed by atoms with van der Waals surface area (Å²) in [7, 11) is 0. The van der Waals surface area contributed by atoms with E-state index in [9.17, 15) is 14.0 Å². The average Bonchev–Trinajstić information content (AvgIpc) is 2.43. The molecule has 0 atom stereocenters. The Balaban J connectivity index is 3.07. The zero-order valence-corrected chi connectivity index (χ0v) is 12.1. The van der Waals surface area contributed by atoms with Crippen molar-refractivity contribution in [3.8, 4) is 0 Å². The van der Waals surface area contributed by atoms with E-state index in [4.69, 9.17) is 5.11 Å². The Kier molecular flexibility index (Phi) is 6.39. The molecule has 5 nitrogen and oxygen atoms in total. The Morgan fingerprint density at radius 3 is 2.67 bits per heavy atom. The van der Waals surface area contributed by atoms with E-state index in [0.29, 0.717) is 24.3 Å². The topological polar surface area (TPSA) is 69.6 Å². The first-order valence-electron chi connectivity index (χ1n) is 6.70. The van der Waals surface area contributed by atoms with Gasteiger partial charge in [0.2, 0.25) is 5.91 Å². The van der Waals surface area contributed by atoms with E-state index in [0.717, 1.165) is 6.08 Å². The fourth-order valence-electron chi connectivity index (χ4n) is 1.90. The molecule has 0 fully saturated rings. The van der Waals surface area contributed by atoms with Gasteiger partial charge in [0.25, 0.3) is 0 Å². The fraction of sp³-hybridized carbons (Fsp3) is 0.333. The number of nitrogens with one attached hydrogen (secondary N) is 1. The van der Waals surface area contributed by atoms with E-state index in [1.165, 1.54) is 18.2 Å². The number of carboxylic acid groups (broad SMARTS) is 1. The van der Waals surface area contributed by atoms with E-state index < -0.39 is 11.8 Å². The Hall–Kier alpha value is -2.37. The number of carbonyl (C=O) groups is 2. The molecule has 2 N–H and O–H groups in total. The van der Waals surface area contributed by atoms with Crippen LogP contribution in [0.5, 0.6) is 0 Å².